The zero-order valence-corrected chi connectivity index (χ0v) is 18.4. The molecule has 2 N–H and O–H groups in total. The number of aromatic amines is 1. The second-order valence-corrected chi connectivity index (χ2v) is 8.28. The van der Waals surface area contributed by atoms with Gasteiger partial charge >= 0.3 is 0 Å². The molecule has 0 radical (unpaired) electrons. The molecule has 1 aliphatic rings. The maximum absolute atomic E-state index is 13.3. The molecule has 0 unspecified atom stereocenters. The van der Waals surface area contributed by atoms with Gasteiger partial charge in [-0.15, -0.1) is 0 Å². The van der Waals surface area contributed by atoms with E-state index in [1.165, 1.54) is 12.1 Å². The lowest BCUT2D eigenvalue weighted by Gasteiger charge is -2.34. The summed E-state index contributed by atoms with van der Waals surface area (Å²) in [6.07, 6.45) is 3.43. The number of hydrogen-bond acceptors (Lipinski definition) is 4. The van der Waals surface area contributed by atoms with Gasteiger partial charge in [-0.3, -0.25) is 9.59 Å². The molecule has 0 spiro atoms. The second-order valence-electron chi connectivity index (χ2n) is 7.89. The first-order chi connectivity index (χ1) is 15.4. The molecular weight excluding hydrogens is 435 g/mol. The van der Waals surface area contributed by atoms with E-state index >= 15 is 0 Å². The van der Waals surface area contributed by atoms with Crippen molar-refractivity contribution in [1.82, 2.24) is 20.2 Å². The number of halogens is 2. The van der Waals surface area contributed by atoms with E-state index in [0.717, 1.165) is 23.8 Å². The van der Waals surface area contributed by atoms with Gasteiger partial charge in [-0.1, -0.05) is 23.7 Å². The fourth-order valence-electron chi connectivity index (χ4n) is 3.95. The maximum atomic E-state index is 13.3. The van der Waals surface area contributed by atoms with Crippen molar-refractivity contribution < 1.29 is 18.7 Å². The van der Waals surface area contributed by atoms with Gasteiger partial charge < -0.3 is 19.9 Å². The molecule has 4 rings (SSSR count). The molecule has 0 saturated carbocycles. The highest BCUT2D eigenvalue weighted by Crippen LogP contribution is 2.19. The largest absolute Gasteiger partial charge is 0.381 e. The molecule has 0 aliphatic carbocycles. The van der Waals surface area contributed by atoms with E-state index in [1.54, 1.807) is 42.5 Å². The molecular formula is C23H24ClFN4O3. The summed E-state index contributed by atoms with van der Waals surface area (Å²) in [5.74, 6) is -0.935. The van der Waals surface area contributed by atoms with Crippen molar-refractivity contribution in [2.75, 3.05) is 20.2 Å². The number of carbonyl (C=O) groups excluding carboxylic acids is 2. The van der Waals surface area contributed by atoms with Gasteiger partial charge in [0.2, 0.25) is 5.91 Å². The number of carbonyl (C=O) groups is 2. The van der Waals surface area contributed by atoms with Crippen molar-refractivity contribution in [3.05, 3.63) is 64.8 Å². The van der Waals surface area contributed by atoms with Crippen LogP contribution in [0.3, 0.4) is 0 Å². The number of fused-ring (bicyclic) bond motifs is 1. The summed E-state index contributed by atoms with van der Waals surface area (Å²) < 4.78 is 18.7. The molecule has 168 valence electrons. The fourth-order valence-corrected chi connectivity index (χ4v) is 4.12. The van der Waals surface area contributed by atoms with Gasteiger partial charge in [0.1, 0.15) is 22.7 Å². The Hall–Kier alpha value is -2.97. The number of methoxy groups -OCH3 is 1. The minimum atomic E-state index is -0.791. The number of aromatic nitrogens is 2. The number of H-pyrrole nitrogens is 1. The molecule has 0 bridgehead atoms. The Labute approximate surface area is 189 Å². The quantitative estimate of drug-likeness (QED) is 0.555. The van der Waals surface area contributed by atoms with Gasteiger partial charge in [0.25, 0.3) is 5.91 Å². The first-order valence-corrected chi connectivity index (χ1v) is 10.8. The Bertz CT molecular complexity index is 1110. The van der Waals surface area contributed by atoms with E-state index in [2.05, 4.69) is 15.3 Å². The Morgan fingerprint density at radius 2 is 2.00 bits per heavy atom. The smallest absolute Gasteiger partial charge is 0.268 e. The molecule has 7 nitrogen and oxygen atoms in total. The van der Waals surface area contributed by atoms with Gasteiger partial charge in [-0.25, -0.2) is 9.37 Å². The molecule has 2 amide bonds. The lowest BCUT2D eigenvalue weighted by Crippen LogP contribution is -2.52. The first-order valence-electron chi connectivity index (χ1n) is 10.4. The monoisotopic (exact) mass is 458 g/mol. The number of piperidine rings is 1. The van der Waals surface area contributed by atoms with Crippen molar-refractivity contribution in [2.24, 2.45) is 0 Å². The average molecular weight is 459 g/mol. The Kier molecular flexibility index (Phi) is 6.72. The van der Waals surface area contributed by atoms with E-state index in [9.17, 15) is 14.0 Å². The summed E-state index contributed by atoms with van der Waals surface area (Å²) in [4.78, 5) is 35.1. The van der Waals surface area contributed by atoms with Crippen molar-refractivity contribution in [3.63, 3.8) is 0 Å². The van der Waals surface area contributed by atoms with Crippen molar-refractivity contribution >= 4 is 34.3 Å². The van der Waals surface area contributed by atoms with Crippen LogP contribution in [-0.4, -0.2) is 59.0 Å². The van der Waals surface area contributed by atoms with Gasteiger partial charge in [-0.05, 0) is 42.7 Å². The van der Waals surface area contributed by atoms with Crippen LogP contribution < -0.4 is 5.32 Å². The number of nitrogens with one attached hydrogen (secondary N) is 2. The van der Waals surface area contributed by atoms with Crippen LogP contribution in [0.4, 0.5) is 4.39 Å². The third-order valence-corrected chi connectivity index (χ3v) is 5.97. The van der Waals surface area contributed by atoms with Crippen LogP contribution in [0, 0.1) is 5.82 Å². The summed E-state index contributed by atoms with van der Waals surface area (Å²) in [5.41, 5.74) is 1.73. The third kappa shape index (κ3) is 5.08. The summed E-state index contributed by atoms with van der Waals surface area (Å²) in [6.45, 7) is 1.12. The third-order valence-electron chi connectivity index (χ3n) is 5.76. The highest BCUT2D eigenvalue weighted by molar-refractivity contribution is 6.30. The van der Waals surface area contributed by atoms with Crippen LogP contribution in [-0.2, 0) is 16.0 Å². The minimum absolute atomic E-state index is 0.135. The van der Waals surface area contributed by atoms with Gasteiger partial charge in [-0.2, -0.15) is 0 Å². The summed E-state index contributed by atoms with van der Waals surface area (Å²) in [6, 6.07) is 8.46. The number of nitrogens with zero attached hydrogens (tertiary/aromatic N) is 2. The lowest BCUT2D eigenvalue weighted by atomic mass is 10.0. The maximum Gasteiger partial charge on any atom is 0.268 e. The zero-order chi connectivity index (χ0) is 22.7. The van der Waals surface area contributed by atoms with Crippen LogP contribution in [0.1, 0.15) is 28.9 Å². The fraction of sp³-hybridized carbons (Fsp3) is 0.348. The number of pyridine rings is 1. The average Bonchev–Trinajstić information content (AvgIpc) is 3.23. The van der Waals surface area contributed by atoms with Crippen LogP contribution >= 0.6 is 11.6 Å². The molecule has 3 aromatic rings. The van der Waals surface area contributed by atoms with E-state index in [4.69, 9.17) is 16.3 Å². The minimum Gasteiger partial charge on any atom is -0.381 e. The predicted octanol–water partition coefficient (Wildman–Crippen LogP) is 3.33. The van der Waals surface area contributed by atoms with E-state index < -0.39 is 11.9 Å². The topological polar surface area (TPSA) is 87.3 Å². The predicted molar refractivity (Wildman–Crippen MR) is 119 cm³/mol. The molecule has 1 saturated heterocycles. The van der Waals surface area contributed by atoms with Crippen LogP contribution in [0.25, 0.3) is 10.9 Å². The van der Waals surface area contributed by atoms with Crippen LogP contribution in [0.2, 0.25) is 5.15 Å². The van der Waals surface area contributed by atoms with E-state index in [1.807, 2.05) is 0 Å². The standard InChI is InChI=1S/C23H24ClFN4O3/c1-32-17-6-8-29(9-7-17)23(31)19(10-14-2-4-16(25)5-3-14)28-22(30)18-11-15-12-21(24)26-13-20(15)27-18/h2-5,11-13,17,19,27H,6-10H2,1H3,(H,28,30)/t19-/m0/s1. The molecule has 1 aromatic carbocycles. The zero-order valence-electron chi connectivity index (χ0n) is 17.6. The van der Waals surface area contributed by atoms with E-state index in [0.29, 0.717) is 29.5 Å². The molecule has 32 heavy (non-hydrogen) atoms. The van der Waals surface area contributed by atoms with Crippen molar-refractivity contribution in [3.8, 4) is 0 Å². The SMILES string of the molecule is COC1CCN(C(=O)[C@H](Cc2ccc(F)cc2)NC(=O)c2cc3cc(Cl)ncc3[nH]2)CC1. The summed E-state index contributed by atoms with van der Waals surface area (Å²) in [5, 5.41) is 3.93. The Morgan fingerprint density at radius 3 is 2.69 bits per heavy atom. The Morgan fingerprint density at radius 1 is 1.28 bits per heavy atom. The number of rotatable bonds is 6. The van der Waals surface area contributed by atoms with Crippen molar-refractivity contribution in [2.45, 2.75) is 31.4 Å². The molecule has 9 heteroatoms. The second kappa shape index (κ2) is 9.67. The highest BCUT2D eigenvalue weighted by atomic mass is 35.5. The number of hydrogen-bond donors (Lipinski definition) is 2. The van der Waals surface area contributed by atoms with Gasteiger partial charge in [0, 0.05) is 32.0 Å². The van der Waals surface area contributed by atoms with Crippen LogP contribution in [0.5, 0.6) is 0 Å². The first kappa shape index (κ1) is 22.2. The summed E-state index contributed by atoms with van der Waals surface area (Å²) in [7, 11) is 1.67. The van der Waals surface area contributed by atoms with Gasteiger partial charge in [0.05, 0.1) is 17.8 Å². The highest BCUT2D eigenvalue weighted by Gasteiger charge is 2.30. The number of amides is 2. The van der Waals surface area contributed by atoms with Crippen molar-refractivity contribution in [1.29, 1.82) is 0 Å². The molecule has 1 atom stereocenters. The molecule has 2 aromatic heterocycles. The van der Waals surface area contributed by atoms with E-state index in [-0.39, 0.29) is 24.2 Å². The molecule has 1 fully saturated rings. The Balaban J connectivity index is 1.53. The number of benzene rings is 1. The lowest BCUT2D eigenvalue weighted by molar-refractivity contribution is -0.135. The summed E-state index contributed by atoms with van der Waals surface area (Å²) >= 11 is 5.93. The van der Waals surface area contributed by atoms with Crippen LogP contribution in [0.15, 0.2) is 42.6 Å². The van der Waals surface area contributed by atoms with Gasteiger partial charge in [0.15, 0.2) is 0 Å². The molecule has 3 heterocycles. The normalized spacial score (nSPS) is 15.7. The number of likely N-dealkylation sites (tertiary alicyclic amines) is 1. The number of ether oxygens (including phenoxy) is 1. The molecule has 1 aliphatic heterocycles.